The number of carbonyl (C=O) groups is 3. The van der Waals surface area contributed by atoms with Gasteiger partial charge in [-0.3, -0.25) is 19.3 Å². The van der Waals surface area contributed by atoms with E-state index >= 15 is 0 Å². The van der Waals surface area contributed by atoms with Crippen LogP contribution >= 0.6 is 0 Å². The molecular formula is C33H25F2N5O3. The smallest absolute Gasteiger partial charge is 0.275 e. The number of benzene rings is 3. The highest BCUT2D eigenvalue weighted by atomic mass is 19.1. The summed E-state index contributed by atoms with van der Waals surface area (Å²) in [6, 6.07) is 20.9. The van der Waals surface area contributed by atoms with Gasteiger partial charge in [0.2, 0.25) is 11.8 Å². The summed E-state index contributed by atoms with van der Waals surface area (Å²) in [5, 5.41) is 5.73. The molecule has 3 aliphatic rings. The Morgan fingerprint density at radius 1 is 0.953 bits per heavy atom. The number of pyridine rings is 1. The van der Waals surface area contributed by atoms with Gasteiger partial charge in [0.05, 0.1) is 5.41 Å². The molecular weight excluding hydrogens is 552 g/mol. The largest absolute Gasteiger partial charge is 0.325 e. The van der Waals surface area contributed by atoms with Crippen molar-refractivity contribution in [2.24, 2.45) is 4.99 Å². The van der Waals surface area contributed by atoms with Gasteiger partial charge in [0.15, 0.2) is 5.66 Å². The number of rotatable bonds is 5. The molecule has 4 aromatic rings. The van der Waals surface area contributed by atoms with Gasteiger partial charge in [-0.1, -0.05) is 42.5 Å². The SMILES string of the molecule is C[C@@]1(c2cc(F)cc(F)c2)N=C(c2ccccc2)C(=O)N1CC(=O)Nc1ccc2c(c1)CC1(C2)C(=O)Nc2ncccc21. The molecule has 8 nitrogen and oxygen atoms in total. The van der Waals surface area contributed by atoms with Gasteiger partial charge < -0.3 is 10.6 Å². The van der Waals surface area contributed by atoms with Gasteiger partial charge >= 0.3 is 0 Å². The van der Waals surface area contributed by atoms with Crippen molar-refractivity contribution in [2.75, 3.05) is 17.2 Å². The van der Waals surface area contributed by atoms with Gasteiger partial charge in [-0.15, -0.1) is 0 Å². The Morgan fingerprint density at radius 2 is 1.70 bits per heavy atom. The molecule has 0 fully saturated rings. The first-order valence-electron chi connectivity index (χ1n) is 13.8. The molecule has 1 aromatic heterocycles. The zero-order chi connectivity index (χ0) is 29.9. The minimum atomic E-state index is -1.54. The second-order valence-electron chi connectivity index (χ2n) is 11.2. The summed E-state index contributed by atoms with van der Waals surface area (Å²) in [5.74, 6) is -2.21. The first kappa shape index (κ1) is 26.6. The fraction of sp³-hybridized carbons (Fsp3) is 0.182. The van der Waals surface area contributed by atoms with E-state index in [9.17, 15) is 23.2 Å². The van der Waals surface area contributed by atoms with Crippen LogP contribution in [0.4, 0.5) is 20.3 Å². The summed E-state index contributed by atoms with van der Waals surface area (Å²) in [6.07, 6.45) is 2.62. The zero-order valence-corrected chi connectivity index (χ0v) is 23.0. The number of anilines is 2. The Bertz CT molecular complexity index is 1860. The zero-order valence-electron chi connectivity index (χ0n) is 23.0. The Labute approximate surface area is 245 Å². The van der Waals surface area contributed by atoms with Gasteiger partial charge in [-0.25, -0.2) is 18.8 Å². The molecule has 3 amide bonds. The van der Waals surface area contributed by atoms with Crippen LogP contribution in [0, 0.1) is 11.6 Å². The molecule has 2 N–H and O–H groups in total. The Kier molecular flexibility index (Phi) is 5.98. The minimum absolute atomic E-state index is 0.0907. The Balaban J connectivity index is 1.15. The molecule has 214 valence electrons. The third-order valence-corrected chi connectivity index (χ3v) is 8.53. The number of fused-ring (bicyclic) bond motifs is 3. The van der Waals surface area contributed by atoms with Crippen molar-refractivity contribution in [3.63, 3.8) is 0 Å². The van der Waals surface area contributed by atoms with Crippen LogP contribution < -0.4 is 10.6 Å². The van der Waals surface area contributed by atoms with E-state index in [1.807, 2.05) is 24.3 Å². The molecule has 7 rings (SSSR count). The summed E-state index contributed by atoms with van der Waals surface area (Å²) in [7, 11) is 0. The number of aromatic nitrogens is 1. The van der Waals surface area contributed by atoms with Gasteiger partial charge in [-0.05, 0) is 61.2 Å². The number of hydrogen-bond acceptors (Lipinski definition) is 5. The fourth-order valence-electron chi connectivity index (χ4n) is 6.40. The van der Waals surface area contributed by atoms with E-state index in [1.165, 1.54) is 4.90 Å². The van der Waals surface area contributed by atoms with Crippen LogP contribution in [0.25, 0.3) is 0 Å². The molecule has 2 aliphatic heterocycles. The van der Waals surface area contributed by atoms with E-state index in [-0.39, 0.29) is 17.2 Å². The van der Waals surface area contributed by atoms with Gasteiger partial charge in [0, 0.05) is 34.6 Å². The quantitative estimate of drug-likeness (QED) is 0.365. The minimum Gasteiger partial charge on any atom is -0.325 e. The van der Waals surface area contributed by atoms with Crippen molar-refractivity contribution in [3.8, 4) is 0 Å². The molecule has 43 heavy (non-hydrogen) atoms. The number of carbonyl (C=O) groups excluding carboxylic acids is 3. The number of nitrogens with one attached hydrogen (secondary N) is 2. The summed E-state index contributed by atoms with van der Waals surface area (Å²) in [4.78, 5) is 50.2. The lowest BCUT2D eigenvalue weighted by Crippen LogP contribution is -2.47. The molecule has 1 aliphatic carbocycles. The molecule has 0 radical (unpaired) electrons. The fourth-order valence-corrected chi connectivity index (χ4v) is 6.40. The maximum Gasteiger partial charge on any atom is 0.275 e. The van der Waals surface area contributed by atoms with Crippen LogP contribution in [-0.4, -0.2) is 39.9 Å². The summed E-state index contributed by atoms with van der Waals surface area (Å²) < 4.78 is 28.5. The lowest BCUT2D eigenvalue weighted by molar-refractivity contribution is -0.132. The van der Waals surface area contributed by atoms with E-state index in [0.29, 0.717) is 29.9 Å². The predicted octanol–water partition coefficient (Wildman–Crippen LogP) is 4.49. The average Bonchev–Trinajstić information content (AvgIpc) is 3.59. The predicted molar refractivity (Wildman–Crippen MR) is 155 cm³/mol. The molecule has 2 atom stereocenters. The first-order chi connectivity index (χ1) is 20.7. The van der Waals surface area contributed by atoms with Crippen molar-refractivity contribution in [1.29, 1.82) is 0 Å². The summed E-state index contributed by atoms with van der Waals surface area (Å²) >= 11 is 0. The average molecular weight is 578 g/mol. The number of hydrogen-bond donors (Lipinski definition) is 2. The van der Waals surface area contributed by atoms with Crippen LogP contribution in [0.3, 0.4) is 0 Å². The van der Waals surface area contributed by atoms with Crippen LogP contribution in [-0.2, 0) is 38.3 Å². The Morgan fingerprint density at radius 3 is 2.47 bits per heavy atom. The van der Waals surface area contributed by atoms with Crippen molar-refractivity contribution < 1.29 is 23.2 Å². The number of halogens is 2. The van der Waals surface area contributed by atoms with Crippen LogP contribution in [0.15, 0.2) is 90.1 Å². The van der Waals surface area contributed by atoms with Crippen molar-refractivity contribution in [3.05, 3.63) is 125 Å². The Hall–Kier alpha value is -5.25. The second-order valence-corrected chi connectivity index (χ2v) is 11.2. The van der Waals surface area contributed by atoms with E-state index in [1.54, 1.807) is 49.5 Å². The summed E-state index contributed by atoms with van der Waals surface area (Å²) in [5.41, 5.74) is 1.72. The highest BCUT2D eigenvalue weighted by molar-refractivity contribution is 6.47. The number of amides is 3. The van der Waals surface area contributed by atoms with Gasteiger partial charge in [0.1, 0.15) is 29.7 Å². The molecule has 0 bridgehead atoms. The van der Waals surface area contributed by atoms with E-state index in [0.717, 1.165) is 34.9 Å². The number of nitrogens with zero attached hydrogens (tertiary/aromatic N) is 3. The molecule has 0 saturated heterocycles. The topological polar surface area (TPSA) is 104 Å². The monoisotopic (exact) mass is 577 g/mol. The maximum atomic E-state index is 14.3. The van der Waals surface area contributed by atoms with Crippen LogP contribution in [0.5, 0.6) is 0 Å². The maximum absolute atomic E-state index is 14.3. The van der Waals surface area contributed by atoms with Crippen molar-refractivity contribution >= 4 is 34.9 Å². The summed E-state index contributed by atoms with van der Waals surface area (Å²) in [6.45, 7) is 1.13. The van der Waals surface area contributed by atoms with Crippen LogP contribution in [0.2, 0.25) is 0 Å². The van der Waals surface area contributed by atoms with Crippen molar-refractivity contribution in [1.82, 2.24) is 9.88 Å². The first-order valence-corrected chi connectivity index (χ1v) is 13.8. The highest BCUT2D eigenvalue weighted by Gasteiger charge is 2.51. The molecule has 3 aromatic carbocycles. The molecule has 3 heterocycles. The second kappa shape index (κ2) is 9.65. The molecule has 10 heteroatoms. The highest BCUT2D eigenvalue weighted by Crippen LogP contribution is 2.47. The molecule has 0 saturated carbocycles. The van der Waals surface area contributed by atoms with Gasteiger partial charge in [0.25, 0.3) is 5.91 Å². The lowest BCUT2D eigenvalue weighted by atomic mass is 9.79. The molecule has 1 spiro atoms. The third kappa shape index (κ3) is 4.29. The third-order valence-electron chi connectivity index (χ3n) is 8.53. The van der Waals surface area contributed by atoms with Crippen LogP contribution in [0.1, 0.15) is 34.7 Å². The normalized spacial score (nSPS) is 21.9. The number of aliphatic imine (C=N–C) groups is 1. The van der Waals surface area contributed by atoms with Crippen molar-refractivity contribution in [2.45, 2.75) is 30.8 Å². The molecule has 1 unspecified atom stereocenters. The van der Waals surface area contributed by atoms with Gasteiger partial charge in [-0.2, -0.15) is 0 Å². The van der Waals surface area contributed by atoms with E-state index in [2.05, 4.69) is 20.6 Å². The van der Waals surface area contributed by atoms with E-state index < -0.39 is 41.1 Å². The lowest BCUT2D eigenvalue weighted by Gasteiger charge is -2.33. The van der Waals surface area contributed by atoms with E-state index in [4.69, 9.17) is 0 Å². The standard InChI is InChI=1S/C33H25F2N5O3/c1-32(22-13-23(34)15-24(35)14-22)39-28(19-6-3-2-4-7-19)30(42)40(32)18-27(41)37-25-10-9-20-16-33(17-21(20)12-25)26-8-5-11-36-29(26)38-31(33)43/h2-15H,16-18H2,1H3,(H,37,41)(H,36,38,43)/t32-,33?/m1/s1.